The Morgan fingerprint density at radius 1 is 0.947 bits per heavy atom. The van der Waals surface area contributed by atoms with Crippen LogP contribution in [0.15, 0.2) is 36.7 Å². The zero-order valence-corrected chi connectivity index (χ0v) is 23.9. The molecular formula is C34H49N3O. The predicted octanol–water partition coefficient (Wildman–Crippen LogP) is 8.14. The highest BCUT2D eigenvalue weighted by Crippen LogP contribution is 2.36. The molecule has 2 aromatic rings. The van der Waals surface area contributed by atoms with Crippen LogP contribution in [-0.2, 0) is 24.2 Å². The molecule has 0 bridgehead atoms. The summed E-state index contributed by atoms with van der Waals surface area (Å²) in [7, 11) is 0. The van der Waals surface area contributed by atoms with Gasteiger partial charge < -0.3 is 5.32 Å². The first kappa shape index (κ1) is 28.7. The van der Waals surface area contributed by atoms with Gasteiger partial charge >= 0.3 is 0 Å². The minimum absolute atomic E-state index is 0.370. The Bertz CT molecular complexity index is 1040. The van der Waals surface area contributed by atoms with Crippen molar-refractivity contribution < 1.29 is 4.79 Å². The van der Waals surface area contributed by atoms with Crippen molar-refractivity contribution >= 4 is 11.9 Å². The Morgan fingerprint density at radius 3 is 2.45 bits per heavy atom. The molecule has 1 N–H and O–H groups in total. The number of rotatable bonds is 12. The summed E-state index contributed by atoms with van der Waals surface area (Å²) < 4.78 is 0. The summed E-state index contributed by atoms with van der Waals surface area (Å²) in [6, 6.07) is 9.19. The fraction of sp³-hybridized carbons (Fsp3) is 0.618. The summed E-state index contributed by atoms with van der Waals surface area (Å²) in [6.45, 7) is 5.25. The third-order valence-electron chi connectivity index (χ3n) is 8.71. The van der Waals surface area contributed by atoms with E-state index in [0.29, 0.717) is 17.7 Å². The number of nitrogens with zero attached hydrogens (tertiary/aromatic N) is 2. The van der Waals surface area contributed by atoms with Gasteiger partial charge in [0.25, 0.3) is 0 Å². The molecule has 4 rings (SSSR count). The van der Waals surface area contributed by atoms with Crippen LogP contribution in [0.4, 0.5) is 0 Å². The molecule has 2 heterocycles. The van der Waals surface area contributed by atoms with E-state index in [9.17, 15) is 4.79 Å². The molecular weight excluding hydrogens is 466 g/mol. The minimum Gasteiger partial charge on any atom is -0.305 e. The van der Waals surface area contributed by atoms with E-state index < -0.39 is 0 Å². The zero-order chi connectivity index (χ0) is 26.6. The van der Waals surface area contributed by atoms with Gasteiger partial charge in [-0.25, -0.2) is 9.97 Å². The Labute approximate surface area is 231 Å². The first-order valence-electron chi connectivity index (χ1n) is 15.5. The van der Waals surface area contributed by atoms with Crippen LogP contribution in [0.1, 0.15) is 131 Å². The Balaban J connectivity index is 1.14. The van der Waals surface area contributed by atoms with E-state index in [-0.39, 0.29) is 0 Å². The Kier molecular flexibility index (Phi) is 11.6. The summed E-state index contributed by atoms with van der Waals surface area (Å²) >= 11 is 0. The highest BCUT2D eigenvalue weighted by molar-refractivity contribution is 5.78. The van der Waals surface area contributed by atoms with Crippen molar-refractivity contribution in [2.75, 3.05) is 0 Å². The van der Waals surface area contributed by atoms with Crippen LogP contribution in [-0.4, -0.2) is 21.8 Å². The number of fused-ring (bicyclic) bond motifs is 1. The molecule has 0 spiro atoms. The molecule has 0 saturated heterocycles. The number of nitrogens with one attached hydrogen (secondary N) is 1. The maximum atomic E-state index is 12.5. The smallest absolute Gasteiger partial charge is 0.132 e. The number of benzene rings is 1. The molecule has 4 nitrogen and oxygen atoms in total. The molecule has 4 heteroatoms. The van der Waals surface area contributed by atoms with Gasteiger partial charge in [-0.1, -0.05) is 81.9 Å². The normalized spacial score (nSPS) is 21.8. The minimum atomic E-state index is 0.370. The SMILES string of the molecule is CCCc1ccccc1CCCCC(=O)CCCC1CCCC(c2ncnc3c2C=CC(C)NC3)CCC1. The standard InChI is InChI=1S/C34H49N3O/c1-3-11-28-15-4-5-16-29(28)17-6-7-20-31(38)21-10-14-27-12-8-18-30(19-9-13-27)34-32-23-22-26(2)35-24-33(32)36-25-37-34/h4-5,15-16,22-23,25-27,30,35H,3,6-14,17-21,24H2,1-2H3. The van der Waals surface area contributed by atoms with E-state index in [2.05, 4.69) is 60.6 Å². The highest BCUT2D eigenvalue weighted by atomic mass is 16.1. The fourth-order valence-corrected chi connectivity index (χ4v) is 6.48. The summed E-state index contributed by atoms with van der Waals surface area (Å²) in [6.07, 6.45) is 23.2. The molecule has 38 heavy (non-hydrogen) atoms. The quantitative estimate of drug-likeness (QED) is 0.290. The van der Waals surface area contributed by atoms with Gasteiger partial charge in [0.15, 0.2) is 0 Å². The maximum Gasteiger partial charge on any atom is 0.132 e. The average molecular weight is 516 g/mol. The number of hydrogen-bond donors (Lipinski definition) is 1. The number of Topliss-reactive ketones (excluding diaryl/α,β-unsaturated/α-hetero) is 1. The third-order valence-corrected chi connectivity index (χ3v) is 8.71. The van der Waals surface area contributed by atoms with Crippen LogP contribution in [0.3, 0.4) is 0 Å². The van der Waals surface area contributed by atoms with Crippen molar-refractivity contribution in [1.29, 1.82) is 0 Å². The largest absolute Gasteiger partial charge is 0.305 e. The molecule has 1 aliphatic carbocycles. The van der Waals surface area contributed by atoms with Crippen molar-refractivity contribution in [2.45, 2.75) is 129 Å². The number of ketones is 1. The lowest BCUT2D eigenvalue weighted by molar-refractivity contribution is -0.119. The summed E-state index contributed by atoms with van der Waals surface area (Å²) in [4.78, 5) is 21.9. The fourth-order valence-electron chi connectivity index (χ4n) is 6.48. The summed E-state index contributed by atoms with van der Waals surface area (Å²) in [5, 5.41) is 3.51. The second-order valence-corrected chi connectivity index (χ2v) is 11.7. The number of hydrogen-bond acceptors (Lipinski definition) is 4. The lowest BCUT2D eigenvalue weighted by Crippen LogP contribution is -2.22. The second kappa shape index (κ2) is 15.3. The van der Waals surface area contributed by atoms with Crippen LogP contribution in [0, 0.1) is 5.92 Å². The Morgan fingerprint density at radius 2 is 1.68 bits per heavy atom. The van der Waals surface area contributed by atoms with Crippen LogP contribution < -0.4 is 5.32 Å². The number of carbonyl (C=O) groups excluding carboxylic acids is 1. The van der Waals surface area contributed by atoms with Gasteiger partial charge in [-0.3, -0.25) is 4.79 Å². The zero-order valence-electron chi connectivity index (χ0n) is 23.9. The van der Waals surface area contributed by atoms with Crippen molar-refractivity contribution in [2.24, 2.45) is 5.92 Å². The number of aryl methyl sites for hydroxylation is 2. The molecule has 1 fully saturated rings. The average Bonchev–Trinajstić information content (AvgIpc) is 3.10. The molecule has 1 saturated carbocycles. The van der Waals surface area contributed by atoms with E-state index in [0.717, 1.165) is 63.1 Å². The van der Waals surface area contributed by atoms with E-state index in [1.807, 2.05) is 0 Å². The predicted molar refractivity (Wildman–Crippen MR) is 158 cm³/mol. The van der Waals surface area contributed by atoms with Gasteiger partial charge in [0.2, 0.25) is 0 Å². The molecule has 0 amide bonds. The van der Waals surface area contributed by atoms with Crippen molar-refractivity contribution in [3.8, 4) is 0 Å². The van der Waals surface area contributed by atoms with Gasteiger partial charge in [0.05, 0.1) is 11.4 Å². The molecule has 1 aromatic carbocycles. The highest BCUT2D eigenvalue weighted by Gasteiger charge is 2.23. The van der Waals surface area contributed by atoms with Crippen molar-refractivity contribution in [1.82, 2.24) is 15.3 Å². The van der Waals surface area contributed by atoms with Crippen molar-refractivity contribution in [3.63, 3.8) is 0 Å². The van der Waals surface area contributed by atoms with Gasteiger partial charge in [0.1, 0.15) is 12.1 Å². The topological polar surface area (TPSA) is 54.9 Å². The van der Waals surface area contributed by atoms with Crippen LogP contribution in [0.5, 0.6) is 0 Å². The molecule has 0 radical (unpaired) electrons. The van der Waals surface area contributed by atoms with Gasteiger partial charge in [0, 0.05) is 36.9 Å². The molecule has 1 atom stereocenters. The van der Waals surface area contributed by atoms with Crippen LogP contribution in [0.2, 0.25) is 0 Å². The molecule has 206 valence electrons. The third kappa shape index (κ3) is 8.59. The van der Waals surface area contributed by atoms with E-state index in [4.69, 9.17) is 4.98 Å². The van der Waals surface area contributed by atoms with Crippen molar-refractivity contribution in [3.05, 3.63) is 64.7 Å². The van der Waals surface area contributed by atoms with Gasteiger partial charge in [-0.15, -0.1) is 0 Å². The molecule has 1 aliphatic heterocycles. The van der Waals surface area contributed by atoms with E-state index in [1.54, 1.807) is 6.33 Å². The van der Waals surface area contributed by atoms with E-state index >= 15 is 0 Å². The van der Waals surface area contributed by atoms with E-state index in [1.165, 1.54) is 73.8 Å². The Hall–Kier alpha value is -2.33. The monoisotopic (exact) mass is 515 g/mol. The number of carbonyl (C=O) groups is 1. The summed E-state index contributed by atoms with van der Waals surface area (Å²) in [5.41, 5.74) is 6.63. The lowest BCUT2D eigenvalue weighted by Gasteiger charge is -2.25. The van der Waals surface area contributed by atoms with Gasteiger partial charge in [-0.2, -0.15) is 0 Å². The molecule has 2 aliphatic rings. The van der Waals surface area contributed by atoms with Crippen LogP contribution >= 0.6 is 0 Å². The molecule has 1 aromatic heterocycles. The lowest BCUT2D eigenvalue weighted by atomic mass is 9.81. The number of aromatic nitrogens is 2. The van der Waals surface area contributed by atoms with Crippen LogP contribution in [0.25, 0.3) is 6.08 Å². The van der Waals surface area contributed by atoms with Gasteiger partial charge in [-0.05, 0) is 68.9 Å². The second-order valence-electron chi connectivity index (χ2n) is 11.7. The summed E-state index contributed by atoms with van der Waals surface area (Å²) in [5.74, 6) is 1.80. The maximum absolute atomic E-state index is 12.5. The first-order chi connectivity index (χ1) is 18.6. The first-order valence-corrected chi connectivity index (χ1v) is 15.5. The molecule has 1 unspecified atom stereocenters. The number of unbranched alkanes of at least 4 members (excludes halogenated alkanes) is 1.